The minimum Gasteiger partial charge on any atom is -0.381 e. The zero-order valence-electron chi connectivity index (χ0n) is 16.5. The van der Waals surface area contributed by atoms with Crippen molar-refractivity contribution in [2.24, 2.45) is 0 Å². The first-order valence-corrected chi connectivity index (χ1v) is 10.2. The monoisotopic (exact) mass is 384 g/mol. The summed E-state index contributed by atoms with van der Waals surface area (Å²) in [5.74, 6) is 1.81. The number of hydrogen-bond donors (Lipinski definition) is 2. The van der Waals surface area contributed by atoms with Gasteiger partial charge in [0.25, 0.3) is 0 Å². The van der Waals surface area contributed by atoms with Gasteiger partial charge in [0.05, 0.1) is 6.61 Å². The van der Waals surface area contributed by atoms with Gasteiger partial charge in [0.2, 0.25) is 5.89 Å². The van der Waals surface area contributed by atoms with Crippen LogP contribution in [0.15, 0.2) is 28.8 Å². The largest absolute Gasteiger partial charge is 0.381 e. The fourth-order valence-corrected chi connectivity index (χ4v) is 4.06. The van der Waals surface area contributed by atoms with Gasteiger partial charge in [-0.05, 0) is 37.0 Å². The zero-order valence-corrected chi connectivity index (χ0v) is 16.5. The van der Waals surface area contributed by atoms with Crippen LogP contribution in [-0.2, 0) is 10.3 Å². The van der Waals surface area contributed by atoms with E-state index in [0.717, 1.165) is 51.0 Å². The number of urea groups is 1. The molecule has 1 saturated heterocycles. The number of aromatic nitrogens is 2. The van der Waals surface area contributed by atoms with Crippen LogP contribution in [-0.4, -0.2) is 29.4 Å². The predicted molar refractivity (Wildman–Crippen MR) is 105 cm³/mol. The highest BCUT2D eigenvalue weighted by Crippen LogP contribution is 2.37. The van der Waals surface area contributed by atoms with Gasteiger partial charge in [0.1, 0.15) is 5.54 Å². The Morgan fingerprint density at radius 3 is 2.57 bits per heavy atom. The summed E-state index contributed by atoms with van der Waals surface area (Å²) < 4.78 is 10.8. The van der Waals surface area contributed by atoms with Gasteiger partial charge in [0.15, 0.2) is 5.82 Å². The van der Waals surface area contributed by atoms with E-state index in [4.69, 9.17) is 9.26 Å². The van der Waals surface area contributed by atoms with Crippen molar-refractivity contribution in [3.63, 3.8) is 0 Å². The first-order chi connectivity index (χ1) is 13.6. The van der Waals surface area contributed by atoms with E-state index in [-0.39, 0.29) is 11.9 Å². The lowest BCUT2D eigenvalue weighted by Gasteiger charge is -2.26. The Morgan fingerprint density at radius 2 is 1.96 bits per heavy atom. The van der Waals surface area contributed by atoms with Gasteiger partial charge in [0, 0.05) is 24.1 Å². The molecule has 1 aliphatic heterocycles. The molecule has 1 unspecified atom stereocenters. The number of hydrogen-bond acceptors (Lipinski definition) is 5. The number of rotatable bonds is 5. The summed E-state index contributed by atoms with van der Waals surface area (Å²) in [4.78, 5) is 17.2. The Hall–Kier alpha value is -2.41. The van der Waals surface area contributed by atoms with E-state index >= 15 is 0 Å². The summed E-state index contributed by atoms with van der Waals surface area (Å²) in [6.45, 7) is 5.63. The molecule has 1 saturated carbocycles. The minimum atomic E-state index is -0.554. The predicted octanol–water partition coefficient (Wildman–Crippen LogP) is 4.29. The first-order valence-electron chi connectivity index (χ1n) is 10.2. The molecule has 7 heteroatoms. The van der Waals surface area contributed by atoms with Gasteiger partial charge in [-0.2, -0.15) is 4.98 Å². The van der Waals surface area contributed by atoms with Crippen molar-refractivity contribution in [2.75, 3.05) is 18.5 Å². The molecule has 2 fully saturated rings. The molecule has 7 nitrogen and oxygen atoms in total. The van der Waals surface area contributed by atoms with Crippen molar-refractivity contribution in [1.29, 1.82) is 0 Å². The lowest BCUT2D eigenvalue weighted by atomic mass is 9.96. The number of anilines is 1. The van der Waals surface area contributed by atoms with Crippen molar-refractivity contribution in [3.05, 3.63) is 41.5 Å². The van der Waals surface area contributed by atoms with Gasteiger partial charge in [-0.15, -0.1) is 0 Å². The van der Waals surface area contributed by atoms with Crippen LogP contribution in [0.5, 0.6) is 0 Å². The number of benzene rings is 1. The molecule has 0 bridgehead atoms. The second-order valence-corrected chi connectivity index (χ2v) is 8.16. The summed E-state index contributed by atoms with van der Waals surface area (Å²) in [5.41, 5.74) is 1.47. The highest BCUT2D eigenvalue weighted by atomic mass is 16.5. The Labute approximate surface area is 165 Å². The highest BCUT2D eigenvalue weighted by molar-refractivity contribution is 5.89. The van der Waals surface area contributed by atoms with E-state index in [0.29, 0.717) is 17.6 Å². The number of ether oxygens (including phenoxy) is 1. The summed E-state index contributed by atoms with van der Waals surface area (Å²) in [6, 6.07) is 7.78. The minimum absolute atomic E-state index is 0.164. The van der Waals surface area contributed by atoms with Crippen molar-refractivity contribution in [1.82, 2.24) is 15.5 Å². The van der Waals surface area contributed by atoms with Crippen LogP contribution >= 0.6 is 0 Å². The molecule has 150 valence electrons. The van der Waals surface area contributed by atoms with E-state index < -0.39 is 5.54 Å². The maximum atomic E-state index is 12.7. The molecule has 1 aromatic carbocycles. The molecule has 2 aliphatic rings. The molecule has 1 aromatic heterocycles. The summed E-state index contributed by atoms with van der Waals surface area (Å²) >= 11 is 0. The average molecular weight is 384 g/mol. The number of carbonyl (C=O) groups excluding carboxylic acids is 1. The van der Waals surface area contributed by atoms with Crippen LogP contribution in [0.4, 0.5) is 10.5 Å². The number of nitrogens with one attached hydrogen (secondary N) is 2. The van der Waals surface area contributed by atoms with Gasteiger partial charge in [-0.25, -0.2) is 4.79 Å². The first kappa shape index (κ1) is 18.9. The molecular weight excluding hydrogens is 356 g/mol. The van der Waals surface area contributed by atoms with Crippen molar-refractivity contribution < 1.29 is 14.1 Å². The Morgan fingerprint density at radius 1 is 1.21 bits per heavy atom. The van der Waals surface area contributed by atoms with Crippen molar-refractivity contribution >= 4 is 11.7 Å². The van der Waals surface area contributed by atoms with E-state index in [9.17, 15) is 4.79 Å². The van der Waals surface area contributed by atoms with E-state index in [1.807, 2.05) is 26.0 Å². The van der Waals surface area contributed by atoms with Gasteiger partial charge in [-0.3, -0.25) is 0 Å². The molecule has 1 atom stereocenters. The van der Waals surface area contributed by atoms with Crippen LogP contribution < -0.4 is 10.6 Å². The fraction of sp³-hybridized carbons (Fsp3) is 0.571. The molecular formula is C21H28N4O3. The van der Waals surface area contributed by atoms with Crippen LogP contribution in [0.2, 0.25) is 0 Å². The van der Waals surface area contributed by atoms with Crippen LogP contribution in [0.25, 0.3) is 0 Å². The van der Waals surface area contributed by atoms with Gasteiger partial charge >= 0.3 is 6.03 Å². The summed E-state index contributed by atoms with van der Waals surface area (Å²) in [5, 5.41) is 10.2. The van der Waals surface area contributed by atoms with Crippen molar-refractivity contribution in [3.8, 4) is 0 Å². The van der Waals surface area contributed by atoms with Gasteiger partial charge < -0.3 is 19.9 Å². The van der Waals surface area contributed by atoms with Crippen molar-refractivity contribution in [2.45, 2.75) is 63.3 Å². The molecule has 2 aromatic rings. The average Bonchev–Trinajstić information content (AvgIpc) is 3.43. The lowest BCUT2D eigenvalue weighted by molar-refractivity contribution is 0.194. The normalized spacial score (nSPS) is 21.2. The SMILES string of the molecule is CC(C)c1nc(C2(NC(=O)Nc3ccc(C4CCOC4)cc3)CCCC2)no1. The third kappa shape index (κ3) is 3.90. The molecule has 0 radical (unpaired) electrons. The zero-order chi connectivity index (χ0) is 19.6. The number of amides is 2. The summed E-state index contributed by atoms with van der Waals surface area (Å²) in [6.07, 6.45) is 4.75. The highest BCUT2D eigenvalue weighted by Gasteiger charge is 2.41. The Kier molecular flexibility index (Phi) is 5.35. The third-order valence-corrected chi connectivity index (χ3v) is 5.74. The maximum Gasteiger partial charge on any atom is 0.320 e. The second kappa shape index (κ2) is 7.91. The van der Waals surface area contributed by atoms with Crippen LogP contribution in [0.1, 0.15) is 75.1 Å². The molecule has 0 spiro atoms. The molecule has 2 amide bonds. The quantitative estimate of drug-likeness (QED) is 0.803. The topological polar surface area (TPSA) is 89.3 Å². The smallest absolute Gasteiger partial charge is 0.320 e. The maximum absolute atomic E-state index is 12.7. The fourth-order valence-electron chi connectivity index (χ4n) is 4.06. The lowest BCUT2D eigenvalue weighted by Crippen LogP contribution is -2.46. The summed E-state index contributed by atoms with van der Waals surface area (Å²) in [7, 11) is 0. The second-order valence-electron chi connectivity index (χ2n) is 8.16. The third-order valence-electron chi connectivity index (χ3n) is 5.74. The molecule has 2 N–H and O–H groups in total. The van der Waals surface area contributed by atoms with E-state index in [1.165, 1.54) is 5.56 Å². The number of carbonyl (C=O) groups is 1. The molecule has 2 heterocycles. The van der Waals surface area contributed by atoms with E-state index in [1.54, 1.807) is 0 Å². The number of nitrogens with zero attached hydrogens (tertiary/aromatic N) is 2. The van der Waals surface area contributed by atoms with E-state index in [2.05, 4.69) is 32.9 Å². The van der Waals surface area contributed by atoms with Crippen LogP contribution in [0, 0.1) is 0 Å². The van der Waals surface area contributed by atoms with Crippen LogP contribution in [0.3, 0.4) is 0 Å². The Balaban J connectivity index is 1.43. The molecule has 28 heavy (non-hydrogen) atoms. The molecule has 1 aliphatic carbocycles. The van der Waals surface area contributed by atoms with Gasteiger partial charge in [-0.1, -0.05) is 44.0 Å². The standard InChI is InChI=1S/C21H28N4O3/c1-14(2)18-23-19(25-28-18)21(10-3-4-11-21)24-20(26)22-17-7-5-15(6-8-17)16-9-12-27-13-16/h5-8,14,16H,3-4,9-13H2,1-2H3,(H2,22,24,26). The molecule has 4 rings (SSSR count). The Bertz CT molecular complexity index is 803.